The van der Waals surface area contributed by atoms with Crippen LogP contribution in [0.2, 0.25) is 0 Å². The van der Waals surface area contributed by atoms with E-state index in [4.69, 9.17) is 9.47 Å². The van der Waals surface area contributed by atoms with Crippen LogP contribution in [-0.4, -0.2) is 19.1 Å². The van der Waals surface area contributed by atoms with Gasteiger partial charge in [-0.25, -0.2) is 0 Å². The number of nitrogens with one attached hydrogen (secondary N) is 1. The summed E-state index contributed by atoms with van der Waals surface area (Å²) in [7, 11) is 1.63. The summed E-state index contributed by atoms with van der Waals surface area (Å²) < 4.78 is 11.1. The number of carbonyl (C=O) groups is 1. The fourth-order valence-corrected chi connectivity index (χ4v) is 2.79. The van der Waals surface area contributed by atoms with Gasteiger partial charge in [0.15, 0.2) is 11.5 Å². The van der Waals surface area contributed by atoms with E-state index >= 15 is 0 Å². The molecule has 2 atom stereocenters. The zero-order valence-corrected chi connectivity index (χ0v) is 14.5. The van der Waals surface area contributed by atoms with Crippen LogP contribution in [0, 0.1) is 5.92 Å². The Balaban J connectivity index is 1.99. The Labute approximate surface area is 138 Å². The summed E-state index contributed by atoms with van der Waals surface area (Å²) in [6, 6.07) is 5.74. The second-order valence-electron chi connectivity index (χ2n) is 6.34. The van der Waals surface area contributed by atoms with Gasteiger partial charge in [-0.3, -0.25) is 4.79 Å². The van der Waals surface area contributed by atoms with Gasteiger partial charge in [0, 0.05) is 6.42 Å². The molecule has 0 bridgehead atoms. The zero-order valence-electron chi connectivity index (χ0n) is 14.5. The Morgan fingerprint density at radius 1 is 1.30 bits per heavy atom. The van der Waals surface area contributed by atoms with Crippen molar-refractivity contribution >= 4 is 5.91 Å². The molecule has 0 fully saturated rings. The molecule has 0 unspecified atom stereocenters. The van der Waals surface area contributed by atoms with E-state index in [1.54, 1.807) is 7.11 Å². The number of carbonyl (C=O) groups excluding carboxylic acids is 1. The molecule has 0 saturated carbocycles. The second-order valence-corrected chi connectivity index (χ2v) is 6.34. The molecule has 4 heteroatoms. The van der Waals surface area contributed by atoms with Crippen molar-refractivity contribution in [1.29, 1.82) is 0 Å². The van der Waals surface area contributed by atoms with E-state index in [0.717, 1.165) is 24.2 Å². The van der Waals surface area contributed by atoms with Crippen molar-refractivity contribution in [2.45, 2.75) is 52.2 Å². The highest BCUT2D eigenvalue weighted by atomic mass is 16.5. The number of ether oxygens (including phenoxy) is 2. The number of hydrogen-bond donors (Lipinski definition) is 1. The Morgan fingerprint density at radius 2 is 2.09 bits per heavy atom. The fourth-order valence-electron chi connectivity index (χ4n) is 2.79. The van der Waals surface area contributed by atoms with Crippen LogP contribution in [0.4, 0.5) is 0 Å². The molecule has 1 aromatic rings. The third-order valence-corrected chi connectivity index (χ3v) is 3.99. The summed E-state index contributed by atoms with van der Waals surface area (Å²) in [5.74, 6) is 1.89. The van der Waals surface area contributed by atoms with Gasteiger partial charge in [0.05, 0.1) is 19.3 Å². The van der Waals surface area contributed by atoms with Crippen LogP contribution in [0.1, 0.15) is 51.6 Å². The van der Waals surface area contributed by atoms with Gasteiger partial charge in [0.2, 0.25) is 5.91 Å². The highest BCUT2D eigenvalue weighted by Crippen LogP contribution is 2.31. The first-order valence-electron chi connectivity index (χ1n) is 8.30. The molecule has 0 aromatic heterocycles. The first-order valence-corrected chi connectivity index (χ1v) is 8.30. The molecule has 2 rings (SSSR count). The number of allylic oxidation sites excluding steroid dienone is 2. The molecule has 0 aliphatic heterocycles. The summed E-state index contributed by atoms with van der Waals surface area (Å²) in [5, 5.41) is 3.07. The molecule has 1 aliphatic rings. The summed E-state index contributed by atoms with van der Waals surface area (Å²) in [5.41, 5.74) is 1.01. The van der Waals surface area contributed by atoms with Crippen LogP contribution in [0.3, 0.4) is 0 Å². The van der Waals surface area contributed by atoms with Gasteiger partial charge in [-0.2, -0.15) is 0 Å². The van der Waals surface area contributed by atoms with Crippen molar-refractivity contribution in [1.82, 2.24) is 5.32 Å². The van der Waals surface area contributed by atoms with Crippen molar-refractivity contribution < 1.29 is 14.3 Å². The normalized spacial score (nSPS) is 18.0. The molecule has 126 valence electrons. The third kappa shape index (κ3) is 5.02. The second kappa shape index (κ2) is 8.04. The lowest BCUT2D eigenvalue weighted by Gasteiger charge is -2.19. The predicted octanol–water partition coefficient (Wildman–Crippen LogP) is 4.02. The van der Waals surface area contributed by atoms with Gasteiger partial charge in [0.25, 0.3) is 0 Å². The Morgan fingerprint density at radius 3 is 2.70 bits per heavy atom. The van der Waals surface area contributed by atoms with Gasteiger partial charge < -0.3 is 14.8 Å². The zero-order chi connectivity index (χ0) is 16.8. The minimum Gasteiger partial charge on any atom is -0.493 e. The van der Waals surface area contributed by atoms with E-state index in [1.807, 2.05) is 39.0 Å². The minimum atomic E-state index is -0.0603. The van der Waals surface area contributed by atoms with Gasteiger partial charge in [-0.1, -0.05) is 18.2 Å². The van der Waals surface area contributed by atoms with Crippen LogP contribution in [0.5, 0.6) is 11.5 Å². The molecular formula is C19H27NO3. The average Bonchev–Trinajstić information content (AvgIpc) is 2.99. The first-order chi connectivity index (χ1) is 11.0. The Hall–Kier alpha value is -1.97. The molecular weight excluding hydrogens is 290 g/mol. The van der Waals surface area contributed by atoms with Crippen molar-refractivity contribution in [3.8, 4) is 11.5 Å². The molecule has 1 N–H and O–H groups in total. The summed E-state index contributed by atoms with van der Waals surface area (Å²) in [6.07, 6.45) is 7.11. The molecule has 1 amide bonds. The lowest BCUT2D eigenvalue weighted by Crippen LogP contribution is -2.27. The average molecular weight is 317 g/mol. The summed E-state index contributed by atoms with van der Waals surface area (Å²) >= 11 is 0. The van der Waals surface area contributed by atoms with Crippen LogP contribution in [0.25, 0.3) is 0 Å². The first kappa shape index (κ1) is 17.4. The predicted molar refractivity (Wildman–Crippen MR) is 91.8 cm³/mol. The van der Waals surface area contributed by atoms with E-state index in [0.29, 0.717) is 18.1 Å². The number of rotatable bonds is 7. The topological polar surface area (TPSA) is 47.6 Å². The van der Waals surface area contributed by atoms with Crippen LogP contribution < -0.4 is 14.8 Å². The van der Waals surface area contributed by atoms with Gasteiger partial charge >= 0.3 is 0 Å². The van der Waals surface area contributed by atoms with Crippen LogP contribution in [-0.2, 0) is 4.79 Å². The van der Waals surface area contributed by atoms with E-state index in [2.05, 4.69) is 17.5 Å². The van der Waals surface area contributed by atoms with Crippen molar-refractivity contribution in [2.75, 3.05) is 7.11 Å². The van der Waals surface area contributed by atoms with Gasteiger partial charge in [-0.15, -0.1) is 0 Å². The molecule has 23 heavy (non-hydrogen) atoms. The van der Waals surface area contributed by atoms with E-state index in [-0.39, 0.29) is 18.1 Å². The SMILES string of the molecule is COc1cc([C@H](C)NC(=O)C[C@@H]2C=CCC2)ccc1OC(C)C. The third-order valence-electron chi connectivity index (χ3n) is 3.99. The van der Waals surface area contributed by atoms with E-state index in [1.165, 1.54) is 0 Å². The molecule has 1 aromatic carbocycles. The van der Waals surface area contributed by atoms with Crippen LogP contribution in [0.15, 0.2) is 30.4 Å². The van der Waals surface area contributed by atoms with Crippen molar-refractivity contribution in [3.05, 3.63) is 35.9 Å². The standard InChI is InChI=1S/C19H27NO3/c1-13(2)23-17-10-9-16(12-18(17)22-4)14(3)20-19(21)11-15-7-5-6-8-15/h5,7,9-10,12-15H,6,8,11H2,1-4H3,(H,20,21)/t14-,15+/m0/s1. The smallest absolute Gasteiger partial charge is 0.221 e. The van der Waals surface area contributed by atoms with Crippen molar-refractivity contribution in [3.63, 3.8) is 0 Å². The monoisotopic (exact) mass is 317 g/mol. The summed E-state index contributed by atoms with van der Waals surface area (Å²) in [6.45, 7) is 5.95. The van der Waals surface area contributed by atoms with Gasteiger partial charge in [0.1, 0.15) is 0 Å². The fraction of sp³-hybridized carbons (Fsp3) is 0.526. The minimum absolute atomic E-state index is 0.0603. The molecule has 0 spiro atoms. The molecule has 4 nitrogen and oxygen atoms in total. The molecule has 0 saturated heterocycles. The molecule has 0 radical (unpaired) electrons. The maximum Gasteiger partial charge on any atom is 0.221 e. The largest absolute Gasteiger partial charge is 0.493 e. The highest BCUT2D eigenvalue weighted by Gasteiger charge is 2.17. The molecule has 1 aliphatic carbocycles. The van der Waals surface area contributed by atoms with E-state index in [9.17, 15) is 4.79 Å². The van der Waals surface area contributed by atoms with Gasteiger partial charge in [-0.05, 0) is 57.2 Å². The highest BCUT2D eigenvalue weighted by molar-refractivity contribution is 5.77. The lowest BCUT2D eigenvalue weighted by molar-refractivity contribution is -0.122. The maximum atomic E-state index is 12.1. The van der Waals surface area contributed by atoms with Crippen LogP contribution >= 0.6 is 0 Å². The number of methoxy groups -OCH3 is 1. The Kier molecular flexibility index (Phi) is 6.08. The number of benzene rings is 1. The number of amides is 1. The van der Waals surface area contributed by atoms with E-state index < -0.39 is 0 Å². The molecule has 0 heterocycles. The lowest BCUT2D eigenvalue weighted by atomic mass is 10.0. The summed E-state index contributed by atoms with van der Waals surface area (Å²) in [4.78, 5) is 12.1. The Bertz CT molecular complexity index is 566. The maximum absolute atomic E-state index is 12.1. The number of hydrogen-bond acceptors (Lipinski definition) is 3. The van der Waals surface area contributed by atoms with Crippen molar-refractivity contribution in [2.24, 2.45) is 5.92 Å². The quantitative estimate of drug-likeness (QED) is 0.773.